The molecule has 27 heavy (non-hydrogen) atoms. The molecule has 1 amide bonds. The molecule has 1 aromatic carbocycles. The van der Waals surface area contributed by atoms with Gasteiger partial charge in [-0.25, -0.2) is 0 Å². The minimum Gasteiger partial charge on any atom is -0.346 e. The summed E-state index contributed by atoms with van der Waals surface area (Å²) in [5, 5.41) is 7.84. The molecule has 0 radical (unpaired) electrons. The zero-order valence-electron chi connectivity index (χ0n) is 14.9. The van der Waals surface area contributed by atoms with Crippen LogP contribution in [0.5, 0.6) is 0 Å². The Labute approximate surface area is 172 Å². The summed E-state index contributed by atoms with van der Waals surface area (Å²) < 4.78 is 3.09. The Morgan fingerprint density at radius 3 is 2.63 bits per heavy atom. The number of nitrogens with one attached hydrogen (secondary N) is 1. The van der Waals surface area contributed by atoms with Gasteiger partial charge in [-0.15, -0.1) is 0 Å². The first kappa shape index (κ1) is 18.2. The van der Waals surface area contributed by atoms with Gasteiger partial charge in [-0.3, -0.25) is 14.5 Å². The number of nitrogens with zero attached hydrogens (tertiary/aromatic N) is 3. The number of hydrogen-bond donors (Lipinski definition) is 1. The lowest BCUT2D eigenvalue weighted by Gasteiger charge is -2.14. The van der Waals surface area contributed by atoms with Crippen molar-refractivity contribution in [1.29, 1.82) is 0 Å². The molecule has 0 atom stereocenters. The molecule has 0 saturated heterocycles. The van der Waals surface area contributed by atoms with Crippen molar-refractivity contribution < 1.29 is 4.79 Å². The first-order chi connectivity index (χ1) is 13.2. The van der Waals surface area contributed by atoms with Gasteiger partial charge in [-0.05, 0) is 65.8 Å². The largest absolute Gasteiger partial charge is 0.346 e. The van der Waals surface area contributed by atoms with Crippen molar-refractivity contribution in [3.8, 4) is 11.3 Å². The minimum atomic E-state index is -0.0686. The third kappa shape index (κ3) is 4.05. The van der Waals surface area contributed by atoms with Crippen LogP contribution in [0.3, 0.4) is 0 Å². The fourth-order valence-corrected chi connectivity index (χ4v) is 4.24. The van der Waals surface area contributed by atoms with Gasteiger partial charge in [0.1, 0.15) is 0 Å². The maximum Gasteiger partial charge on any atom is 0.252 e. The van der Waals surface area contributed by atoms with E-state index in [0.717, 1.165) is 33.4 Å². The molecule has 0 spiro atoms. The molecule has 3 aromatic rings. The molecule has 1 N–H and O–H groups in total. The first-order valence-corrected chi connectivity index (χ1v) is 10.3. The molecule has 1 fully saturated rings. The monoisotopic (exact) mass is 472 g/mol. The number of halogens is 1. The molecule has 6 heteroatoms. The highest BCUT2D eigenvalue weighted by Gasteiger charge is 2.22. The summed E-state index contributed by atoms with van der Waals surface area (Å²) in [6.07, 6.45) is 8.43. The molecule has 1 aliphatic rings. The number of amides is 1. The number of aromatic nitrogens is 3. The van der Waals surface area contributed by atoms with Gasteiger partial charge < -0.3 is 5.32 Å². The Balaban J connectivity index is 1.56. The van der Waals surface area contributed by atoms with E-state index in [1.165, 1.54) is 12.8 Å². The number of carbonyl (C=O) groups excluding carboxylic acids is 1. The van der Waals surface area contributed by atoms with E-state index < -0.39 is 0 Å². The molecule has 1 saturated carbocycles. The average Bonchev–Trinajstić information content (AvgIpc) is 3.37. The minimum absolute atomic E-state index is 0.0686. The third-order valence-corrected chi connectivity index (χ3v) is 5.92. The molecule has 0 aliphatic heterocycles. The van der Waals surface area contributed by atoms with E-state index in [9.17, 15) is 4.79 Å². The van der Waals surface area contributed by atoms with Gasteiger partial charge >= 0.3 is 0 Å². The van der Waals surface area contributed by atoms with Gasteiger partial charge in [-0.1, -0.05) is 25.0 Å². The molecule has 2 aromatic heterocycles. The van der Waals surface area contributed by atoms with Crippen molar-refractivity contribution in [2.24, 2.45) is 0 Å². The highest BCUT2D eigenvalue weighted by Crippen LogP contribution is 2.33. The van der Waals surface area contributed by atoms with Crippen LogP contribution >= 0.6 is 22.6 Å². The second-order valence-electron chi connectivity index (χ2n) is 6.80. The van der Waals surface area contributed by atoms with Crippen LogP contribution < -0.4 is 5.32 Å². The van der Waals surface area contributed by atoms with Crippen LogP contribution in [0.2, 0.25) is 0 Å². The first-order valence-electron chi connectivity index (χ1n) is 9.24. The van der Waals surface area contributed by atoms with Gasteiger partial charge in [0.05, 0.1) is 29.5 Å². The Kier molecular flexibility index (Phi) is 5.52. The Hall–Kier alpha value is -2.22. The Morgan fingerprint density at radius 2 is 1.89 bits per heavy atom. The number of rotatable bonds is 5. The van der Waals surface area contributed by atoms with Crippen LogP contribution in [0.4, 0.5) is 0 Å². The molecule has 138 valence electrons. The number of benzene rings is 1. The van der Waals surface area contributed by atoms with E-state index in [-0.39, 0.29) is 5.91 Å². The average molecular weight is 472 g/mol. The third-order valence-electron chi connectivity index (χ3n) is 4.98. The van der Waals surface area contributed by atoms with Gasteiger partial charge in [0.15, 0.2) is 0 Å². The standard InChI is InChI=1S/C21H21IN4O/c22-19-8-4-3-7-18(19)21(27)24-14-16-13-20(15-9-11-23-12-10-15)26(25-16)17-5-1-2-6-17/h3-4,7-13,17H,1-2,5-6,14H2,(H,24,27). The SMILES string of the molecule is O=C(NCc1cc(-c2ccncc2)n(C2CCCC2)n1)c1ccccc1I. The van der Waals surface area contributed by atoms with Crippen molar-refractivity contribution >= 4 is 28.5 Å². The zero-order chi connectivity index (χ0) is 18.6. The smallest absolute Gasteiger partial charge is 0.252 e. The van der Waals surface area contributed by atoms with Crippen LogP contribution in [0.1, 0.15) is 47.8 Å². The van der Waals surface area contributed by atoms with E-state index in [4.69, 9.17) is 5.10 Å². The molecule has 4 rings (SSSR count). The van der Waals surface area contributed by atoms with E-state index >= 15 is 0 Å². The molecule has 5 nitrogen and oxygen atoms in total. The zero-order valence-corrected chi connectivity index (χ0v) is 17.1. The van der Waals surface area contributed by atoms with Gasteiger partial charge in [-0.2, -0.15) is 5.10 Å². The second kappa shape index (κ2) is 8.21. The lowest BCUT2D eigenvalue weighted by Crippen LogP contribution is -2.24. The fraction of sp³-hybridized carbons (Fsp3) is 0.286. The summed E-state index contributed by atoms with van der Waals surface area (Å²) in [4.78, 5) is 16.6. The Bertz CT molecular complexity index is 932. The van der Waals surface area contributed by atoms with E-state index in [0.29, 0.717) is 18.2 Å². The van der Waals surface area contributed by atoms with Crippen LogP contribution in [-0.2, 0) is 6.54 Å². The quantitative estimate of drug-likeness (QED) is 0.553. The molecular weight excluding hydrogens is 451 g/mol. The van der Waals surface area contributed by atoms with E-state index in [1.807, 2.05) is 36.4 Å². The molecule has 0 bridgehead atoms. The van der Waals surface area contributed by atoms with Crippen molar-refractivity contribution in [3.63, 3.8) is 0 Å². The summed E-state index contributed by atoms with van der Waals surface area (Å²) in [6.45, 7) is 0.418. The van der Waals surface area contributed by atoms with Gasteiger partial charge in [0.2, 0.25) is 0 Å². The van der Waals surface area contributed by atoms with Crippen molar-refractivity contribution in [3.05, 3.63) is 69.7 Å². The lowest BCUT2D eigenvalue weighted by molar-refractivity contribution is 0.0949. The Morgan fingerprint density at radius 1 is 1.15 bits per heavy atom. The maximum atomic E-state index is 12.5. The molecule has 0 unspecified atom stereocenters. The predicted molar refractivity (Wildman–Crippen MR) is 113 cm³/mol. The fourth-order valence-electron chi connectivity index (χ4n) is 3.61. The second-order valence-corrected chi connectivity index (χ2v) is 7.96. The molecule has 1 aliphatic carbocycles. The number of pyridine rings is 1. The highest BCUT2D eigenvalue weighted by atomic mass is 127. The topological polar surface area (TPSA) is 59.8 Å². The summed E-state index contributed by atoms with van der Waals surface area (Å²) in [6, 6.07) is 14.1. The van der Waals surface area contributed by atoms with Crippen LogP contribution in [-0.4, -0.2) is 20.7 Å². The summed E-state index contributed by atoms with van der Waals surface area (Å²) in [7, 11) is 0. The van der Waals surface area contributed by atoms with Crippen LogP contribution in [0.15, 0.2) is 54.9 Å². The van der Waals surface area contributed by atoms with Crippen molar-refractivity contribution in [2.75, 3.05) is 0 Å². The van der Waals surface area contributed by atoms with Gasteiger partial charge in [0, 0.05) is 21.5 Å². The lowest BCUT2D eigenvalue weighted by atomic mass is 10.1. The summed E-state index contributed by atoms with van der Waals surface area (Å²) in [5.74, 6) is -0.0686. The van der Waals surface area contributed by atoms with E-state index in [2.05, 4.69) is 43.6 Å². The molecule has 2 heterocycles. The maximum absolute atomic E-state index is 12.5. The van der Waals surface area contributed by atoms with Crippen molar-refractivity contribution in [1.82, 2.24) is 20.1 Å². The van der Waals surface area contributed by atoms with Crippen molar-refractivity contribution in [2.45, 2.75) is 38.3 Å². The normalized spacial score (nSPS) is 14.4. The van der Waals surface area contributed by atoms with E-state index in [1.54, 1.807) is 12.4 Å². The van der Waals surface area contributed by atoms with Gasteiger partial charge in [0.25, 0.3) is 5.91 Å². The van der Waals surface area contributed by atoms with Crippen LogP contribution in [0, 0.1) is 3.57 Å². The number of hydrogen-bond acceptors (Lipinski definition) is 3. The molecular formula is C21H21IN4O. The summed E-state index contributed by atoms with van der Waals surface area (Å²) >= 11 is 2.19. The predicted octanol–water partition coefficient (Wildman–Crippen LogP) is 4.59. The van der Waals surface area contributed by atoms with Crippen LogP contribution in [0.25, 0.3) is 11.3 Å². The number of carbonyl (C=O) groups is 1. The summed E-state index contributed by atoms with van der Waals surface area (Å²) in [5.41, 5.74) is 3.79. The highest BCUT2D eigenvalue weighted by molar-refractivity contribution is 14.1.